The standard InChI is InChI=1S/C13H11Cl2NO2/c1-8(2)18-13(17)10(7-16)5-9-3-4-11(14)6-12(9)15/h3-6,8H,1-2H3. The average Bonchev–Trinajstić information content (AvgIpc) is 2.27. The molecule has 3 nitrogen and oxygen atoms in total. The first-order valence-electron chi connectivity index (χ1n) is 5.22. The van der Waals surface area contributed by atoms with E-state index < -0.39 is 5.97 Å². The van der Waals surface area contributed by atoms with Gasteiger partial charge in [0, 0.05) is 10.0 Å². The molecule has 0 N–H and O–H groups in total. The van der Waals surface area contributed by atoms with Crippen LogP contribution in [-0.2, 0) is 9.53 Å². The molecule has 0 bridgehead atoms. The van der Waals surface area contributed by atoms with E-state index in [9.17, 15) is 4.79 Å². The van der Waals surface area contributed by atoms with Crippen molar-refractivity contribution < 1.29 is 9.53 Å². The molecule has 0 aliphatic heterocycles. The number of hydrogen-bond donors (Lipinski definition) is 0. The van der Waals surface area contributed by atoms with E-state index in [0.717, 1.165) is 0 Å². The van der Waals surface area contributed by atoms with Crippen LogP contribution < -0.4 is 0 Å². The molecule has 1 aromatic rings. The van der Waals surface area contributed by atoms with E-state index in [1.54, 1.807) is 32.0 Å². The molecule has 0 heterocycles. The van der Waals surface area contributed by atoms with Crippen LogP contribution in [0.1, 0.15) is 19.4 Å². The Balaban J connectivity index is 3.05. The fourth-order valence-corrected chi connectivity index (χ4v) is 1.65. The quantitative estimate of drug-likeness (QED) is 0.481. The van der Waals surface area contributed by atoms with Gasteiger partial charge in [-0.3, -0.25) is 0 Å². The van der Waals surface area contributed by atoms with E-state index in [1.807, 2.05) is 0 Å². The van der Waals surface area contributed by atoms with Crippen LogP contribution in [-0.4, -0.2) is 12.1 Å². The Morgan fingerprint density at radius 3 is 2.61 bits per heavy atom. The number of carbonyl (C=O) groups excluding carboxylic acids is 1. The van der Waals surface area contributed by atoms with Gasteiger partial charge in [0.15, 0.2) is 0 Å². The van der Waals surface area contributed by atoms with Crippen molar-refractivity contribution in [2.24, 2.45) is 0 Å². The van der Waals surface area contributed by atoms with Crippen LogP contribution in [0.4, 0.5) is 0 Å². The zero-order chi connectivity index (χ0) is 13.7. The summed E-state index contributed by atoms with van der Waals surface area (Å²) in [6, 6.07) is 6.59. The van der Waals surface area contributed by atoms with Crippen LogP contribution in [0, 0.1) is 11.3 Å². The zero-order valence-electron chi connectivity index (χ0n) is 9.91. The van der Waals surface area contributed by atoms with Crippen molar-refractivity contribution >= 4 is 35.2 Å². The first kappa shape index (κ1) is 14.6. The minimum atomic E-state index is -0.668. The summed E-state index contributed by atoms with van der Waals surface area (Å²) in [5.74, 6) is -0.668. The highest BCUT2D eigenvalue weighted by atomic mass is 35.5. The summed E-state index contributed by atoms with van der Waals surface area (Å²) in [5, 5.41) is 9.78. The van der Waals surface area contributed by atoms with Gasteiger partial charge in [0.2, 0.25) is 0 Å². The second-order valence-corrected chi connectivity index (χ2v) is 4.63. The van der Waals surface area contributed by atoms with E-state index in [4.69, 9.17) is 33.2 Å². The number of nitrogens with zero attached hydrogens (tertiary/aromatic N) is 1. The second-order valence-electron chi connectivity index (χ2n) is 3.79. The van der Waals surface area contributed by atoms with Crippen molar-refractivity contribution in [3.63, 3.8) is 0 Å². The van der Waals surface area contributed by atoms with Gasteiger partial charge in [0.25, 0.3) is 0 Å². The predicted octanol–water partition coefficient (Wildman–Crippen LogP) is 3.85. The molecule has 0 aromatic heterocycles. The van der Waals surface area contributed by atoms with E-state index in [0.29, 0.717) is 15.6 Å². The monoisotopic (exact) mass is 283 g/mol. The summed E-state index contributed by atoms with van der Waals surface area (Å²) in [6.07, 6.45) is 1.10. The number of carbonyl (C=O) groups is 1. The van der Waals surface area contributed by atoms with Crippen molar-refractivity contribution in [1.82, 2.24) is 0 Å². The van der Waals surface area contributed by atoms with Crippen molar-refractivity contribution in [3.05, 3.63) is 39.4 Å². The van der Waals surface area contributed by atoms with E-state index >= 15 is 0 Å². The van der Waals surface area contributed by atoms with Crippen LogP contribution >= 0.6 is 23.2 Å². The van der Waals surface area contributed by atoms with Gasteiger partial charge in [-0.1, -0.05) is 29.3 Å². The number of halogens is 2. The van der Waals surface area contributed by atoms with Gasteiger partial charge >= 0.3 is 5.97 Å². The first-order valence-corrected chi connectivity index (χ1v) is 5.97. The zero-order valence-corrected chi connectivity index (χ0v) is 11.4. The molecule has 0 fully saturated rings. The van der Waals surface area contributed by atoms with Crippen molar-refractivity contribution in [1.29, 1.82) is 5.26 Å². The molecule has 94 valence electrons. The molecule has 1 aromatic carbocycles. The van der Waals surface area contributed by atoms with Crippen LogP contribution in [0.15, 0.2) is 23.8 Å². The smallest absolute Gasteiger partial charge is 0.349 e. The SMILES string of the molecule is CC(C)OC(=O)C(C#N)=Cc1ccc(Cl)cc1Cl. The second kappa shape index (κ2) is 6.44. The Kier molecular flexibility index (Phi) is 5.21. The normalized spacial score (nSPS) is 11.2. The Morgan fingerprint density at radius 1 is 1.44 bits per heavy atom. The largest absolute Gasteiger partial charge is 0.459 e. The lowest BCUT2D eigenvalue weighted by atomic mass is 10.1. The maximum absolute atomic E-state index is 11.6. The van der Waals surface area contributed by atoms with E-state index in [1.165, 1.54) is 12.1 Å². The maximum Gasteiger partial charge on any atom is 0.349 e. The molecule has 0 unspecified atom stereocenters. The molecule has 0 aliphatic carbocycles. The lowest BCUT2D eigenvalue weighted by Gasteiger charge is -2.06. The summed E-state index contributed by atoms with van der Waals surface area (Å²) in [5.41, 5.74) is 0.436. The minimum absolute atomic E-state index is 0.104. The summed E-state index contributed by atoms with van der Waals surface area (Å²) < 4.78 is 4.94. The lowest BCUT2D eigenvalue weighted by molar-refractivity contribution is -0.142. The Labute approximate surface area is 116 Å². The van der Waals surface area contributed by atoms with Crippen molar-refractivity contribution in [2.75, 3.05) is 0 Å². The molecule has 0 spiro atoms. The summed E-state index contributed by atoms with van der Waals surface area (Å²) in [6.45, 7) is 3.42. The molecule has 18 heavy (non-hydrogen) atoms. The molecule has 0 aliphatic rings. The van der Waals surface area contributed by atoms with Crippen LogP contribution in [0.25, 0.3) is 6.08 Å². The van der Waals surface area contributed by atoms with E-state index in [-0.39, 0.29) is 11.7 Å². The van der Waals surface area contributed by atoms with Gasteiger partial charge in [-0.2, -0.15) is 5.26 Å². The molecular formula is C13H11Cl2NO2. The highest BCUT2D eigenvalue weighted by molar-refractivity contribution is 6.35. The molecule has 0 radical (unpaired) electrons. The van der Waals surface area contributed by atoms with Gasteiger partial charge in [-0.15, -0.1) is 0 Å². The van der Waals surface area contributed by atoms with Crippen molar-refractivity contribution in [2.45, 2.75) is 20.0 Å². The number of nitriles is 1. The minimum Gasteiger partial charge on any atom is -0.459 e. The number of ether oxygens (including phenoxy) is 1. The summed E-state index contributed by atoms with van der Waals surface area (Å²) in [4.78, 5) is 11.6. The van der Waals surface area contributed by atoms with Gasteiger partial charge in [-0.05, 0) is 37.6 Å². The Hall–Kier alpha value is -1.50. The van der Waals surface area contributed by atoms with Crippen LogP contribution in [0.3, 0.4) is 0 Å². The van der Waals surface area contributed by atoms with Crippen molar-refractivity contribution in [3.8, 4) is 6.07 Å². The molecule has 1 rings (SSSR count). The van der Waals surface area contributed by atoms with Gasteiger partial charge in [-0.25, -0.2) is 4.79 Å². The number of esters is 1. The molecule has 5 heteroatoms. The molecule has 0 amide bonds. The number of benzene rings is 1. The molecule has 0 saturated carbocycles. The maximum atomic E-state index is 11.6. The van der Waals surface area contributed by atoms with E-state index in [2.05, 4.69) is 0 Å². The fraction of sp³-hybridized carbons (Fsp3) is 0.231. The third-order valence-corrected chi connectivity index (χ3v) is 2.51. The fourth-order valence-electron chi connectivity index (χ4n) is 1.19. The molecule has 0 atom stereocenters. The Morgan fingerprint density at radius 2 is 2.11 bits per heavy atom. The first-order chi connectivity index (χ1) is 8.43. The summed E-state index contributed by atoms with van der Waals surface area (Å²) >= 11 is 11.7. The third-order valence-electron chi connectivity index (χ3n) is 1.95. The third kappa shape index (κ3) is 4.06. The van der Waals surface area contributed by atoms with Gasteiger partial charge < -0.3 is 4.74 Å². The molecular weight excluding hydrogens is 273 g/mol. The van der Waals surface area contributed by atoms with Crippen LogP contribution in [0.2, 0.25) is 10.0 Å². The lowest BCUT2D eigenvalue weighted by Crippen LogP contribution is -2.12. The predicted molar refractivity (Wildman–Crippen MR) is 71.3 cm³/mol. The summed E-state index contributed by atoms with van der Waals surface area (Å²) in [7, 11) is 0. The number of hydrogen-bond acceptors (Lipinski definition) is 3. The van der Waals surface area contributed by atoms with Gasteiger partial charge in [0.1, 0.15) is 11.6 Å². The number of rotatable bonds is 3. The molecule has 0 saturated heterocycles. The topological polar surface area (TPSA) is 50.1 Å². The average molecular weight is 284 g/mol. The van der Waals surface area contributed by atoms with Crippen LogP contribution in [0.5, 0.6) is 0 Å². The highest BCUT2D eigenvalue weighted by Gasteiger charge is 2.13. The Bertz CT molecular complexity index is 530. The highest BCUT2D eigenvalue weighted by Crippen LogP contribution is 2.23. The van der Waals surface area contributed by atoms with Gasteiger partial charge in [0.05, 0.1) is 6.10 Å².